The predicted octanol–water partition coefficient (Wildman–Crippen LogP) is -0.754. The highest BCUT2D eigenvalue weighted by Crippen LogP contribution is 2.26. The molecular formula is C16H24IN3O3S. The third-order valence-corrected chi connectivity index (χ3v) is 3.66. The van der Waals surface area contributed by atoms with Crippen LogP contribution >= 0.6 is 11.7 Å². The van der Waals surface area contributed by atoms with Crippen LogP contribution < -0.4 is 33.3 Å². The SMILES string of the molecule is CCCCOCCOCCOc1nsnc1-c1ccc[n+](C)c1.[I-]. The molecule has 0 fully saturated rings. The molecule has 0 aliphatic rings. The topological polar surface area (TPSA) is 57.4 Å². The first kappa shape index (κ1) is 21.2. The Morgan fingerprint density at radius 1 is 1.08 bits per heavy atom. The Labute approximate surface area is 164 Å². The highest BCUT2D eigenvalue weighted by atomic mass is 127. The first-order valence-corrected chi connectivity index (χ1v) is 8.60. The van der Waals surface area contributed by atoms with Gasteiger partial charge in [-0.15, -0.1) is 4.37 Å². The molecule has 0 aromatic carbocycles. The Morgan fingerprint density at radius 3 is 2.58 bits per heavy atom. The van der Waals surface area contributed by atoms with Gasteiger partial charge >= 0.3 is 0 Å². The highest BCUT2D eigenvalue weighted by Gasteiger charge is 2.14. The molecule has 0 atom stereocenters. The number of hydrogen-bond donors (Lipinski definition) is 0. The van der Waals surface area contributed by atoms with E-state index in [9.17, 15) is 0 Å². The summed E-state index contributed by atoms with van der Waals surface area (Å²) in [5.41, 5.74) is 1.76. The van der Waals surface area contributed by atoms with Crippen LogP contribution in [-0.2, 0) is 16.5 Å². The van der Waals surface area contributed by atoms with E-state index in [1.54, 1.807) is 0 Å². The molecule has 2 aromatic heterocycles. The number of unbranched alkanes of at least 4 members (excludes halogenated alkanes) is 1. The summed E-state index contributed by atoms with van der Waals surface area (Å²) < 4.78 is 27.1. The molecule has 0 saturated carbocycles. The van der Waals surface area contributed by atoms with Gasteiger partial charge in [0.25, 0.3) is 5.88 Å². The van der Waals surface area contributed by atoms with Gasteiger partial charge in [0, 0.05) is 12.7 Å². The van der Waals surface area contributed by atoms with E-state index in [1.807, 2.05) is 36.1 Å². The lowest BCUT2D eigenvalue weighted by Gasteiger charge is -2.06. The zero-order valence-electron chi connectivity index (χ0n) is 14.1. The highest BCUT2D eigenvalue weighted by molar-refractivity contribution is 6.99. The van der Waals surface area contributed by atoms with Gasteiger partial charge in [0.1, 0.15) is 13.7 Å². The van der Waals surface area contributed by atoms with Crippen LogP contribution in [-0.4, -0.2) is 41.8 Å². The minimum Gasteiger partial charge on any atom is -1.00 e. The Hall–Kier alpha value is -0.840. The molecular weight excluding hydrogens is 441 g/mol. The maximum absolute atomic E-state index is 5.68. The number of ether oxygens (including phenoxy) is 3. The number of rotatable bonds is 11. The van der Waals surface area contributed by atoms with Crippen LogP contribution in [0, 0.1) is 0 Å². The van der Waals surface area contributed by atoms with Crippen molar-refractivity contribution >= 4 is 11.7 Å². The zero-order valence-corrected chi connectivity index (χ0v) is 17.1. The van der Waals surface area contributed by atoms with E-state index in [-0.39, 0.29) is 24.0 Å². The van der Waals surface area contributed by atoms with E-state index in [4.69, 9.17) is 14.2 Å². The van der Waals surface area contributed by atoms with Crippen LogP contribution in [0.15, 0.2) is 24.5 Å². The molecule has 24 heavy (non-hydrogen) atoms. The average Bonchev–Trinajstić information content (AvgIpc) is 3.02. The number of aryl methyl sites for hydroxylation is 1. The monoisotopic (exact) mass is 465 g/mol. The molecule has 8 heteroatoms. The summed E-state index contributed by atoms with van der Waals surface area (Å²) in [6, 6.07) is 3.97. The van der Waals surface area contributed by atoms with Gasteiger partial charge in [-0.25, -0.2) is 4.57 Å². The number of aromatic nitrogens is 3. The Morgan fingerprint density at radius 2 is 1.83 bits per heavy atom. The van der Waals surface area contributed by atoms with Gasteiger partial charge in [-0.1, -0.05) is 13.3 Å². The third kappa shape index (κ3) is 7.37. The standard InChI is InChI=1S/C16H24N3O3S.HI/c1-3-4-8-20-9-10-21-11-12-22-16-15(17-23-18-16)14-6-5-7-19(2)13-14;/h5-7,13H,3-4,8-12H2,1-2H3;1H/q+1;/p-1. The summed E-state index contributed by atoms with van der Waals surface area (Å²) in [6.07, 6.45) is 6.21. The number of halogens is 1. The molecule has 2 heterocycles. The smallest absolute Gasteiger partial charge is 0.254 e. The average molecular weight is 465 g/mol. The van der Waals surface area contributed by atoms with Crippen molar-refractivity contribution < 1.29 is 42.8 Å². The van der Waals surface area contributed by atoms with Crippen molar-refractivity contribution in [2.45, 2.75) is 19.8 Å². The second-order valence-corrected chi connectivity index (χ2v) is 5.63. The van der Waals surface area contributed by atoms with E-state index in [1.165, 1.54) is 0 Å². The summed E-state index contributed by atoms with van der Waals surface area (Å²) >= 11 is 1.15. The fraction of sp³-hybridized carbons (Fsp3) is 0.562. The van der Waals surface area contributed by atoms with Gasteiger partial charge in [0.2, 0.25) is 0 Å². The van der Waals surface area contributed by atoms with Crippen molar-refractivity contribution in [2.24, 2.45) is 7.05 Å². The van der Waals surface area contributed by atoms with Crippen molar-refractivity contribution in [3.8, 4) is 17.1 Å². The van der Waals surface area contributed by atoms with Gasteiger partial charge in [0.15, 0.2) is 18.1 Å². The van der Waals surface area contributed by atoms with Crippen LogP contribution in [0.5, 0.6) is 5.88 Å². The minimum absolute atomic E-state index is 0. The summed E-state index contributed by atoms with van der Waals surface area (Å²) in [5, 5.41) is 0. The second kappa shape index (κ2) is 12.5. The van der Waals surface area contributed by atoms with E-state index < -0.39 is 0 Å². The molecule has 0 radical (unpaired) electrons. The van der Waals surface area contributed by atoms with Crippen molar-refractivity contribution in [3.63, 3.8) is 0 Å². The van der Waals surface area contributed by atoms with Crippen LogP contribution in [0.4, 0.5) is 0 Å². The maximum Gasteiger partial charge on any atom is 0.254 e. The molecule has 0 bridgehead atoms. The third-order valence-electron chi connectivity index (χ3n) is 3.15. The Kier molecular flexibility index (Phi) is 11.1. The first-order chi connectivity index (χ1) is 11.3. The van der Waals surface area contributed by atoms with Crippen molar-refractivity contribution in [3.05, 3.63) is 24.5 Å². The molecule has 2 aromatic rings. The number of hydrogen-bond acceptors (Lipinski definition) is 6. The molecule has 6 nitrogen and oxygen atoms in total. The van der Waals surface area contributed by atoms with E-state index >= 15 is 0 Å². The van der Waals surface area contributed by atoms with Crippen molar-refractivity contribution in [1.29, 1.82) is 0 Å². The second-order valence-electron chi connectivity index (χ2n) is 5.10. The maximum atomic E-state index is 5.68. The van der Waals surface area contributed by atoms with Gasteiger partial charge in [-0.2, -0.15) is 4.37 Å². The normalized spacial score (nSPS) is 10.4. The van der Waals surface area contributed by atoms with Crippen LogP contribution in [0.1, 0.15) is 19.8 Å². The summed E-state index contributed by atoms with van der Waals surface area (Å²) in [6.45, 7) is 5.13. The largest absolute Gasteiger partial charge is 1.00 e. The minimum atomic E-state index is 0. The molecule has 0 N–H and O–H groups in total. The van der Waals surface area contributed by atoms with Crippen LogP contribution in [0.3, 0.4) is 0 Å². The number of nitrogens with zero attached hydrogens (tertiary/aromatic N) is 3. The van der Waals surface area contributed by atoms with Crippen molar-refractivity contribution in [2.75, 3.05) is 33.0 Å². The summed E-state index contributed by atoms with van der Waals surface area (Å²) in [7, 11) is 1.97. The fourth-order valence-electron chi connectivity index (χ4n) is 1.95. The van der Waals surface area contributed by atoms with Crippen LogP contribution in [0.2, 0.25) is 0 Å². The molecule has 0 spiro atoms. The Balaban J connectivity index is 0.00000288. The fourth-order valence-corrected chi connectivity index (χ4v) is 2.46. The molecule has 134 valence electrons. The van der Waals surface area contributed by atoms with Gasteiger partial charge in [-0.3, -0.25) is 0 Å². The van der Waals surface area contributed by atoms with E-state index in [0.29, 0.717) is 32.3 Å². The Bertz CT molecular complexity index is 583. The van der Waals surface area contributed by atoms with Crippen LogP contribution in [0.25, 0.3) is 11.3 Å². The first-order valence-electron chi connectivity index (χ1n) is 7.87. The van der Waals surface area contributed by atoms with E-state index in [0.717, 1.165) is 42.4 Å². The lowest BCUT2D eigenvalue weighted by molar-refractivity contribution is -0.671. The summed E-state index contributed by atoms with van der Waals surface area (Å²) in [5.74, 6) is 0.559. The van der Waals surface area contributed by atoms with Gasteiger partial charge in [-0.05, 0) is 12.5 Å². The predicted molar refractivity (Wildman–Crippen MR) is 88.6 cm³/mol. The molecule has 0 amide bonds. The van der Waals surface area contributed by atoms with Gasteiger partial charge < -0.3 is 38.2 Å². The van der Waals surface area contributed by atoms with Crippen molar-refractivity contribution in [1.82, 2.24) is 8.75 Å². The van der Waals surface area contributed by atoms with Gasteiger partial charge in [0.05, 0.1) is 37.1 Å². The number of pyridine rings is 1. The molecule has 0 aliphatic carbocycles. The molecule has 0 saturated heterocycles. The molecule has 0 aliphatic heterocycles. The quantitative estimate of drug-likeness (QED) is 0.248. The van der Waals surface area contributed by atoms with E-state index in [2.05, 4.69) is 15.7 Å². The lowest BCUT2D eigenvalue weighted by Crippen LogP contribution is -3.00. The lowest BCUT2D eigenvalue weighted by atomic mass is 10.2. The molecule has 0 unspecified atom stereocenters. The summed E-state index contributed by atoms with van der Waals surface area (Å²) in [4.78, 5) is 0. The molecule has 2 rings (SSSR count). The zero-order chi connectivity index (χ0) is 16.3.